The van der Waals surface area contributed by atoms with Crippen molar-refractivity contribution >= 4 is 11.9 Å². The Labute approximate surface area is 97.9 Å². The summed E-state index contributed by atoms with van der Waals surface area (Å²) in [6.07, 6.45) is 0.660. The van der Waals surface area contributed by atoms with E-state index < -0.39 is 23.8 Å². The Morgan fingerprint density at radius 1 is 0.941 bits per heavy atom. The van der Waals surface area contributed by atoms with Crippen LogP contribution in [0.3, 0.4) is 0 Å². The average molecular weight is 232 g/mol. The first-order chi connectivity index (χ1) is 8.11. The van der Waals surface area contributed by atoms with Crippen LogP contribution in [0.4, 0.5) is 0 Å². The lowest BCUT2D eigenvalue weighted by Crippen LogP contribution is -2.33. The van der Waals surface area contributed by atoms with Crippen LogP contribution < -0.4 is 0 Å². The number of carbonyl (C=O) groups is 2. The molecule has 4 atom stereocenters. The van der Waals surface area contributed by atoms with Crippen molar-refractivity contribution in [2.45, 2.75) is 18.3 Å². The first-order valence-corrected chi connectivity index (χ1v) is 5.65. The number of rotatable bonds is 2. The zero-order chi connectivity index (χ0) is 12.2. The number of carboxylic acid groups (broad SMARTS) is 2. The van der Waals surface area contributed by atoms with E-state index in [-0.39, 0.29) is 11.8 Å². The Bertz CT molecular complexity index is 463. The van der Waals surface area contributed by atoms with E-state index in [1.807, 2.05) is 24.3 Å². The molecule has 3 rings (SSSR count). The summed E-state index contributed by atoms with van der Waals surface area (Å²) in [6.45, 7) is 0. The fourth-order valence-electron chi connectivity index (χ4n) is 3.55. The highest BCUT2D eigenvalue weighted by atomic mass is 16.4. The molecule has 0 heterocycles. The van der Waals surface area contributed by atoms with Crippen molar-refractivity contribution < 1.29 is 19.8 Å². The molecule has 0 saturated heterocycles. The fraction of sp³-hybridized carbons (Fsp3) is 0.385. The third-order valence-corrected chi connectivity index (χ3v) is 4.13. The number of benzene rings is 1. The predicted molar refractivity (Wildman–Crippen MR) is 58.8 cm³/mol. The molecule has 2 aliphatic carbocycles. The highest BCUT2D eigenvalue weighted by molar-refractivity contribution is 5.84. The first-order valence-electron chi connectivity index (χ1n) is 5.65. The van der Waals surface area contributed by atoms with Crippen LogP contribution in [0.5, 0.6) is 0 Å². The molecule has 0 spiro atoms. The molecular formula is C13H12O4. The van der Waals surface area contributed by atoms with Gasteiger partial charge >= 0.3 is 11.9 Å². The SMILES string of the molecule is O=C(O)[C@@H]1[C@H](C(=O)O)[C@@H]2C[C@H]1c1ccccc12. The molecule has 1 saturated carbocycles. The van der Waals surface area contributed by atoms with Crippen LogP contribution in [0.1, 0.15) is 29.4 Å². The molecule has 2 bridgehead atoms. The summed E-state index contributed by atoms with van der Waals surface area (Å²) in [5, 5.41) is 18.4. The lowest BCUT2D eigenvalue weighted by atomic mass is 9.76. The average Bonchev–Trinajstić information content (AvgIpc) is 2.84. The van der Waals surface area contributed by atoms with Crippen molar-refractivity contribution in [3.05, 3.63) is 35.4 Å². The van der Waals surface area contributed by atoms with Gasteiger partial charge in [0.1, 0.15) is 0 Å². The predicted octanol–water partition coefficient (Wildman–Crippen LogP) is 1.67. The fourth-order valence-corrected chi connectivity index (χ4v) is 3.55. The van der Waals surface area contributed by atoms with Crippen LogP contribution >= 0.6 is 0 Å². The van der Waals surface area contributed by atoms with Gasteiger partial charge < -0.3 is 10.2 Å². The Hall–Kier alpha value is -1.84. The van der Waals surface area contributed by atoms with Crippen molar-refractivity contribution in [3.8, 4) is 0 Å². The third kappa shape index (κ3) is 1.24. The van der Waals surface area contributed by atoms with E-state index in [2.05, 4.69) is 0 Å². The highest BCUT2D eigenvalue weighted by Crippen LogP contribution is 2.59. The molecule has 4 nitrogen and oxygen atoms in total. The molecule has 17 heavy (non-hydrogen) atoms. The summed E-state index contributed by atoms with van der Waals surface area (Å²) in [4.78, 5) is 22.5. The van der Waals surface area contributed by atoms with Gasteiger partial charge in [-0.25, -0.2) is 0 Å². The van der Waals surface area contributed by atoms with Gasteiger partial charge in [-0.3, -0.25) is 9.59 Å². The Morgan fingerprint density at radius 2 is 1.35 bits per heavy atom. The summed E-state index contributed by atoms with van der Waals surface area (Å²) in [5.41, 5.74) is 2.06. The molecule has 0 unspecified atom stereocenters. The molecule has 0 aromatic heterocycles. The normalized spacial score (nSPS) is 33.4. The number of hydrogen-bond acceptors (Lipinski definition) is 2. The quantitative estimate of drug-likeness (QED) is 0.813. The number of fused-ring (bicyclic) bond motifs is 5. The molecule has 0 aliphatic heterocycles. The van der Waals surface area contributed by atoms with E-state index in [9.17, 15) is 19.8 Å². The van der Waals surface area contributed by atoms with Gasteiger partial charge in [0.2, 0.25) is 0 Å². The minimum atomic E-state index is -0.987. The number of aliphatic carboxylic acids is 2. The number of carboxylic acids is 2. The van der Waals surface area contributed by atoms with Gasteiger partial charge in [-0.1, -0.05) is 24.3 Å². The van der Waals surface area contributed by atoms with Crippen LogP contribution in [0.25, 0.3) is 0 Å². The summed E-state index contributed by atoms with van der Waals surface area (Å²) >= 11 is 0. The molecule has 0 amide bonds. The van der Waals surface area contributed by atoms with Crippen LogP contribution in [0.15, 0.2) is 24.3 Å². The van der Waals surface area contributed by atoms with Crippen LogP contribution in [0, 0.1) is 11.8 Å². The van der Waals surface area contributed by atoms with E-state index in [1.165, 1.54) is 0 Å². The van der Waals surface area contributed by atoms with Crippen molar-refractivity contribution in [3.63, 3.8) is 0 Å². The van der Waals surface area contributed by atoms with Crippen molar-refractivity contribution in [2.75, 3.05) is 0 Å². The second kappa shape index (κ2) is 3.32. The summed E-state index contributed by atoms with van der Waals surface area (Å²) in [7, 11) is 0. The molecule has 2 aliphatic rings. The van der Waals surface area contributed by atoms with Crippen molar-refractivity contribution in [2.24, 2.45) is 11.8 Å². The van der Waals surface area contributed by atoms with Crippen molar-refractivity contribution in [1.29, 1.82) is 0 Å². The van der Waals surface area contributed by atoms with Gasteiger partial charge in [0, 0.05) is 0 Å². The summed E-state index contributed by atoms with van der Waals surface area (Å²) in [6, 6.07) is 7.62. The molecule has 1 fully saturated rings. The Morgan fingerprint density at radius 3 is 1.71 bits per heavy atom. The maximum Gasteiger partial charge on any atom is 0.308 e. The number of hydrogen-bond donors (Lipinski definition) is 2. The lowest BCUT2D eigenvalue weighted by molar-refractivity contribution is -0.153. The lowest BCUT2D eigenvalue weighted by Gasteiger charge is -2.26. The molecule has 0 radical (unpaired) electrons. The van der Waals surface area contributed by atoms with Gasteiger partial charge in [0.25, 0.3) is 0 Å². The maximum atomic E-state index is 11.3. The molecule has 1 aromatic rings. The van der Waals surface area contributed by atoms with Gasteiger partial charge in [0.05, 0.1) is 11.8 Å². The Balaban J connectivity index is 2.12. The molecule has 4 heteroatoms. The largest absolute Gasteiger partial charge is 0.481 e. The second-order valence-corrected chi connectivity index (χ2v) is 4.81. The van der Waals surface area contributed by atoms with Crippen molar-refractivity contribution in [1.82, 2.24) is 0 Å². The molecule has 1 aromatic carbocycles. The van der Waals surface area contributed by atoms with E-state index in [1.54, 1.807) is 0 Å². The highest BCUT2D eigenvalue weighted by Gasteiger charge is 2.56. The second-order valence-electron chi connectivity index (χ2n) is 4.81. The third-order valence-electron chi connectivity index (χ3n) is 4.13. The van der Waals surface area contributed by atoms with Crippen LogP contribution in [-0.4, -0.2) is 22.2 Å². The zero-order valence-corrected chi connectivity index (χ0v) is 9.04. The topological polar surface area (TPSA) is 74.6 Å². The van der Waals surface area contributed by atoms with Crippen LogP contribution in [-0.2, 0) is 9.59 Å². The first kappa shape index (κ1) is 10.3. The van der Waals surface area contributed by atoms with E-state index in [0.29, 0.717) is 6.42 Å². The van der Waals surface area contributed by atoms with Gasteiger partial charge in [-0.05, 0) is 29.4 Å². The summed E-state index contributed by atoms with van der Waals surface area (Å²) < 4.78 is 0. The monoisotopic (exact) mass is 232 g/mol. The minimum absolute atomic E-state index is 0.130. The van der Waals surface area contributed by atoms with E-state index in [4.69, 9.17) is 0 Å². The van der Waals surface area contributed by atoms with Crippen LogP contribution in [0.2, 0.25) is 0 Å². The van der Waals surface area contributed by atoms with Gasteiger partial charge in [0.15, 0.2) is 0 Å². The minimum Gasteiger partial charge on any atom is -0.481 e. The molecular weight excluding hydrogens is 220 g/mol. The zero-order valence-electron chi connectivity index (χ0n) is 9.04. The summed E-state index contributed by atoms with van der Waals surface area (Å²) in [5.74, 6) is -3.77. The smallest absolute Gasteiger partial charge is 0.308 e. The molecule has 88 valence electrons. The maximum absolute atomic E-state index is 11.3. The Kier molecular flexibility index (Phi) is 2.02. The van der Waals surface area contributed by atoms with E-state index in [0.717, 1.165) is 11.1 Å². The standard InChI is InChI=1S/C13H12O4/c14-12(15)10-8-5-9(11(10)13(16)17)7-4-2-1-3-6(7)8/h1-4,8-11H,5H2,(H,14,15)(H,16,17)/t8-,9+,10-,11+. The van der Waals surface area contributed by atoms with Gasteiger partial charge in [-0.15, -0.1) is 0 Å². The molecule has 2 N–H and O–H groups in total. The van der Waals surface area contributed by atoms with Gasteiger partial charge in [-0.2, -0.15) is 0 Å². The van der Waals surface area contributed by atoms with E-state index >= 15 is 0 Å².